The molecule has 0 radical (unpaired) electrons. The Hall–Kier alpha value is -1.47. The molecule has 5 nitrogen and oxygen atoms in total. The van der Waals surface area contributed by atoms with Crippen LogP contribution in [0.25, 0.3) is 0 Å². The Morgan fingerprint density at radius 2 is 1.70 bits per heavy atom. The Morgan fingerprint density at radius 3 is 2.20 bits per heavy atom. The van der Waals surface area contributed by atoms with E-state index in [-0.39, 0.29) is 19.0 Å². The lowest BCUT2D eigenvalue weighted by atomic mass is 9.98. The number of rotatable bonds is 5. The summed E-state index contributed by atoms with van der Waals surface area (Å²) in [5.74, 6) is -0.803. The molecule has 0 aromatic rings. The number of hydrogen-bond acceptors (Lipinski definition) is 2. The van der Waals surface area contributed by atoms with Gasteiger partial charge in [0.05, 0.1) is 0 Å². The minimum absolute atomic E-state index is 0.0840. The third-order valence-corrected chi connectivity index (χ3v) is 3.29. The molecule has 0 aromatic heterocycles. The van der Waals surface area contributed by atoms with E-state index in [1.165, 1.54) is 6.92 Å². The highest BCUT2D eigenvalue weighted by Gasteiger charge is 2.46. The van der Waals surface area contributed by atoms with Crippen molar-refractivity contribution in [1.29, 1.82) is 0 Å². The second kappa shape index (κ2) is 7.35. The van der Waals surface area contributed by atoms with Crippen LogP contribution in [0.2, 0.25) is 0 Å². The molecule has 8 heteroatoms. The number of nitrogens with one attached hydrogen (secondary N) is 3. The molecule has 0 aliphatic heterocycles. The first-order valence-electron chi connectivity index (χ1n) is 6.66. The SMILES string of the molecule is CC(=O)NCCNC(=O)N[C@@H](C1CCCC1)C(F)(F)F. The van der Waals surface area contributed by atoms with Crippen molar-refractivity contribution in [3.8, 4) is 0 Å². The van der Waals surface area contributed by atoms with Crippen molar-refractivity contribution in [2.24, 2.45) is 5.92 Å². The van der Waals surface area contributed by atoms with Crippen molar-refractivity contribution in [1.82, 2.24) is 16.0 Å². The third kappa shape index (κ3) is 5.66. The van der Waals surface area contributed by atoms with Crippen molar-refractivity contribution in [2.75, 3.05) is 13.1 Å². The molecular weight excluding hydrogens is 275 g/mol. The molecule has 1 aliphatic carbocycles. The molecule has 0 unspecified atom stereocenters. The van der Waals surface area contributed by atoms with E-state index in [9.17, 15) is 22.8 Å². The van der Waals surface area contributed by atoms with Crippen LogP contribution in [0.4, 0.5) is 18.0 Å². The van der Waals surface area contributed by atoms with E-state index in [2.05, 4.69) is 10.6 Å². The molecule has 20 heavy (non-hydrogen) atoms. The van der Waals surface area contributed by atoms with Gasteiger partial charge in [0.15, 0.2) is 0 Å². The summed E-state index contributed by atoms with van der Waals surface area (Å²) in [7, 11) is 0. The molecule has 116 valence electrons. The number of carbonyl (C=O) groups excluding carboxylic acids is 2. The van der Waals surface area contributed by atoms with Crippen LogP contribution in [0.15, 0.2) is 0 Å². The summed E-state index contributed by atoms with van der Waals surface area (Å²) in [4.78, 5) is 22.1. The van der Waals surface area contributed by atoms with E-state index < -0.39 is 24.2 Å². The van der Waals surface area contributed by atoms with Gasteiger partial charge in [-0.25, -0.2) is 4.79 Å². The van der Waals surface area contributed by atoms with Crippen LogP contribution in [-0.4, -0.2) is 37.2 Å². The van der Waals surface area contributed by atoms with E-state index in [0.29, 0.717) is 12.8 Å². The minimum atomic E-state index is -4.44. The average Bonchev–Trinajstić information content (AvgIpc) is 2.83. The fourth-order valence-electron chi connectivity index (χ4n) is 2.36. The monoisotopic (exact) mass is 295 g/mol. The van der Waals surface area contributed by atoms with Crippen LogP contribution in [0.5, 0.6) is 0 Å². The van der Waals surface area contributed by atoms with Gasteiger partial charge >= 0.3 is 12.2 Å². The number of hydrogen-bond donors (Lipinski definition) is 3. The molecule has 0 heterocycles. The highest BCUT2D eigenvalue weighted by Crippen LogP contribution is 2.35. The van der Waals surface area contributed by atoms with Crippen molar-refractivity contribution in [3.63, 3.8) is 0 Å². The first-order valence-corrected chi connectivity index (χ1v) is 6.66. The van der Waals surface area contributed by atoms with Crippen molar-refractivity contribution in [3.05, 3.63) is 0 Å². The lowest BCUT2D eigenvalue weighted by molar-refractivity contribution is -0.164. The molecular formula is C12H20F3N3O2. The lowest BCUT2D eigenvalue weighted by Crippen LogP contribution is -2.53. The number of carbonyl (C=O) groups is 2. The number of halogens is 3. The van der Waals surface area contributed by atoms with Gasteiger partial charge in [0.1, 0.15) is 6.04 Å². The van der Waals surface area contributed by atoms with Crippen molar-refractivity contribution < 1.29 is 22.8 Å². The first kappa shape index (κ1) is 16.6. The predicted molar refractivity (Wildman–Crippen MR) is 67.0 cm³/mol. The van der Waals surface area contributed by atoms with Crippen LogP contribution in [-0.2, 0) is 4.79 Å². The second-order valence-corrected chi connectivity index (χ2v) is 4.95. The van der Waals surface area contributed by atoms with Crippen LogP contribution < -0.4 is 16.0 Å². The van der Waals surface area contributed by atoms with Gasteiger partial charge in [-0.1, -0.05) is 12.8 Å². The topological polar surface area (TPSA) is 70.2 Å². The Bertz CT molecular complexity index is 341. The maximum Gasteiger partial charge on any atom is 0.408 e. The van der Waals surface area contributed by atoms with Gasteiger partial charge in [-0.3, -0.25) is 4.79 Å². The zero-order valence-corrected chi connectivity index (χ0v) is 11.3. The second-order valence-electron chi connectivity index (χ2n) is 4.95. The molecule has 0 aromatic carbocycles. The highest BCUT2D eigenvalue weighted by atomic mass is 19.4. The summed E-state index contributed by atoms with van der Waals surface area (Å²) in [6.45, 7) is 1.59. The van der Waals surface area contributed by atoms with E-state index in [1.54, 1.807) is 0 Å². The predicted octanol–water partition coefficient (Wildman–Crippen LogP) is 1.54. The van der Waals surface area contributed by atoms with Crippen molar-refractivity contribution >= 4 is 11.9 Å². The van der Waals surface area contributed by atoms with E-state index in [4.69, 9.17) is 0 Å². The van der Waals surface area contributed by atoms with Crippen LogP contribution in [0.3, 0.4) is 0 Å². The first-order chi connectivity index (χ1) is 9.30. The maximum absolute atomic E-state index is 12.9. The molecule has 1 fully saturated rings. The zero-order chi connectivity index (χ0) is 15.2. The summed E-state index contributed by atoms with van der Waals surface area (Å²) in [5.41, 5.74) is 0. The largest absolute Gasteiger partial charge is 0.408 e. The number of alkyl halides is 3. The molecule has 0 spiro atoms. The lowest BCUT2D eigenvalue weighted by Gasteiger charge is -2.27. The van der Waals surface area contributed by atoms with Crippen LogP contribution >= 0.6 is 0 Å². The average molecular weight is 295 g/mol. The number of urea groups is 1. The van der Waals surface area contributed by atoms with E-state index >= 15 is 0 Å². The van der Waals surface area contributed by atoms with E-state index in [0.717, 1.165) is 12.8 Å². The van der Waals surface area contributed by atoms with Crippen molar-refractivity contribution in [2.45, 2.75) is 44.8 Å². The van der Waals surface area contributed by atoms with Gasteiger partial charge in [-0.05, 0) is 18.8 Å². The standard InChI is InChI=1S/C12H20F3N3O2/c1-8(19)16-6-7-17-11(20)18-10(12(13,14)15)9-4-2-3-5-9/h9-10H,2-7H2,1H3,(H,16,19)(H2,17,18,20)/t10-/m0/s1. The smallest absolute Gasteiger partial charge is 0.355 e. The van der Waals surface area contributed by atoms with Gasteiger partial charge in [-0.15, -0.1) is 0 Å². The molecule has 1 atom stereocenters. The Labute approximate surface area is 115 Å². The van der Waals surface area contributed by atoms with Gasteiger partial charge in [0, 0.05) is 20.0 Å². The van der Waals surface area contributed by atoms with E-state index in [1.807, 2.05) is 5.32 Å². The Morgan fingerprint density at radius 1 is 1.15 bits per heavy atom. The quantitative estimate of drug-likeness (QED) is 0.673. The van der Waals surface area contributed by atoms with Gasteiger partial charge < -0.3 is 16.0 Å². The molecule has 0 saturated heterocycles. The molecule has 3 N–H and O–H groups in total. The molecule has 0 bridgehead atoms. The molecule has 1 saturated carbocycles. The van der Waals surface area contributed by atoms with Crippen LogP contribution in [0.1, 0.15) is 32.6 Å². The van der Waals surface area contributed by atoms with Gasteiger partial charge in [-0.2, -0.15) is 13.2 Å². The maximum atomic E-state index is 12.9. The molecule has 1 rings (SSSR count). The van der Waals surface area contributed by atoms with Crippen LogP contribution in [0, 0.1) is 5.92 Å². The fourth-order valence-corrected chi connectivity index (χ4v) is 2.36. The Balaban J connectivity index is 2.40. The summed E-state index contributed by atoms with van der Waals surface area (Å²) in [6, 6.07) is -2.66. The minimum Gasteiger partial charge on any atom is -0.355 e. The summed E-state index contributed by atoms with van der Waals surface area (Å²) >= 11 is 0. The summed E-state index contributed by atoms with van der Waals surface area (Å²) in [6.07, 6.45) is -1.94. The Kier molecular flexibility index (Phi) is 6.09. The summed E-state index contributed by atoms with van der Waals surface area (Å²) < 4.78 is 38.8. The normalized spacial score (nSPS) is 17.6. The van der Waals surface area contributed by atoms with Gasteiger partial charge in [0.2, 0.25) is 5.91 Å². The third-order valence-electron chi connectivity index (χ3n) is 3.29. The summed E-state index contributed by atoms with van der Waals surface area (Å²) in [5, 5.41) is 6.73. The van der Waals surface area contributed by atoms with Gasteiger partial charge in [0.25, 0.3) is 0 Å². The molecule has 1 aliphatic rings. The highest BCUT2D eigenvalue weighted by molar-refractivity contribution is 5.75. The zero-order valence-electron chi connectivity index (χ0n) is 11.3. The molecule has 3 amide bonds. The fraction of sp³-hybridized carbons (Fsp3) is 0.833. The number of amides is 3.